The van der Waals surface area contributed by atoms with Crippen molar-refractivity contribution in [2.45, 2.75) is 31.1 Å². The van der Waals surface area contributed by atoms with Gasteiger partial charge in [0.1, 0.15) is 5.25 Å². The molecule has 1 N–H and O–H groups in total. The number of aromatic nitrogens is 2. The van der Waals surface area contributed by atoms with Crippen molar-refractivity contribution in [1.82, 2.24) is 15.3 Å². The van der Waals surface area contributed by atoms with Gasteiger partial charge in [-0.3, -0.25) is 4.79 Å². The van der Waals surface area contributed by atoms with Gasteiger partial charge in [-0.25, -0.2) is 18.4 Å². The quantitative estimate of drug-likeness (QED) is 0.841. The van der Waals surface area contributed by atoms with Crippen molar-refractivity contribution in [3.63, 3.8) is 0 Å². The second-order valence-electron chi connectivity index (χ2n) is 5.31. The van der Waals surface area contributed by atoms with Gasteiger partial charge in [0.2, 0.25) is 11.9 Å². The monoisotopic (exact) mass is 312 g/mol. The van der Waals surface area contributed by atoms with Gasteiger partial charge in [-0.05, 0) is 25.8 Å². The number of carbonyl (C=O) groups excluding carboxylic acids is 1. The van der Waals surface area contributed by atoms with E-state index in [-0.39, 0.29) is 6.04 Å². The number of hydrogen-bond donors (Lipinski definition) is 1. The molecule has 0 spiro atoms. The van der Waals surface area contributed by atoms with Crippen LogP contribution in [0, 0.1) is 0 Å². The molecule has 116 valence electrons. The summed E-state index contributed by atoms with van der Waals surface area (Å²) in [7, 11) is -3.37. The Bertz CT molecular complexity index is 591. The number of anilines is 1. The summed E-state index contributed by atoms with van der Waals surface area (Å²) in [5, 5.41) is 1.78. The van der Waals surface area contributed by atoms with Crippen LogP contribution in [0.15, 0.2) is 18.5 Å². The van der Waals surface area contributed by atoms with Crippen LogP contribution in [0.2, 0.25) is 0 Å². The van der Waals surface area contributed by atoms with Gasteiger partial charge in [0.25, 0.3) is 0 Å². The molecule has 1 fully saturated rings. The average molecular weight is 312 g/mol. The predicted molar refractivity (Wildman–Crippen MR) is 79.7 cm³/mol. The lowest BCUT2D eigenvalue weighted by molar-refractivity contribution is -0.121. The lowest BCUT2D eigenvalue weighted by atomic mass is 10.1. The maximum Gasteiger partial charge on any atom is 0.238 e. The standard InChI is InChI=1S/C13H20N4O3S/c1-10(21(2,19)20)12(18)16-11-5-3-8-17(9-11)13-14-6-4-7-15-13/h4,6-7,10-11H,3,5,8-9H2,1-2H3,(H,16,18)/t10-,11-/m0/s1. The zero-order valence-electron chi connectivity index (χ0n) is 12.2. The Hall–Kier alpha value is -1.70. The Kier molecular flexibility index (Phi) is 4.76. The normalized spacial score (nSPS) is 20.9. The highest BCUT2D eigenvalue weighted by Crippen LogP contribution is 2.15. The highest BCUT2D eigenvalue weighted by Gasteiger charge is 2.28. The van der Waals surface area contributed by atoms with E-state index in [2.05, 4.69) is 15.3 Å². The van der Waals surface area contributed by atoms with E-state index in [9.17, 15) is 13.2 Å². The van der Waals surface area contributed by atoms with Crippen LogP contribution >= 0.6 is 0 Å². The van der Waals surface area contributed by atoms with Crippen LogP contribution in [0.25, 0.3) is 0 Å². The number of amides is 1. The van der Waals surface area contributed by atoms with Gasteiger partial charge in [-0.2, -0.15) is 0 Å². The van der Waals surface area contributed by atoms with Crippen molar-refractivity contribution in [2.75, 3.05) is 24.2 Å². The van der Waals surface area contributed by atoms with E-state index in [4.69, 9.17) is 0 Å². The third kappa shape index (κ3) is 4.13. The van der Waals surface area contributed by atoms with Gasteiger partial charge >= 0.3 is 0 Å². The molecule has 1 aliphatic heterocycles. The molecular weight excluding hydrogens is 292 g/mol. The molecule has 1 aliphatic rings. The molecule has 0 bridgehead atoms. The summed E-state index contributed by atoms with van der Waals surface area (Å²) >= 11 is 0. The Labute approximate surface area is 124 Å². The first-order chi connectivity index (χ1) is 9.88. The molecule has 0 aliphatic carbocycles. The van der Waals surface area contributed by atoms with Crippen molar-refractivity contribution in [3.8, 4) is 0 Å². The fourth-order valence-electron chi connectivity index (χ4n) is 2.24. The number of sulfone groups is 1. The van der Waals surface area contributed by atoms with Crippen molar-refractivity contribution < 1.29 is 13.2 Å². The van der Waals surface area contributed by atoms with Gasteiger partial charge in [0.05, 0.1) is 0 Å². The SMILES string of the molecule is C[C@@H](C(=O)N[C@H]1CCCN(c2ncccn2)C1)S(C)(=O)=O. The molecular formula is C13H20N4O3S. The van der Waals surface area contributed by atoms with Crippen LogP contribution in [-0.4, -0.2) is 54.9 Å². The van der Waals surface area contributed by atoms with E-state index in [1.165, 1.54) is 6.92 Å². The number of hydrogen-bond acceptors (Lipinski definition) is 6. The minimum atomic E-state index is -3.37. The van der Waals surface area contributed by atoms with Crippen molar-refractivity contribution in [3.05, 3.63) is 18.5 Å². The Balaban J connectivity index is 1.97. The van der Waals surface area contributed by atoms with Gasteiger partial charge in [0, 0.05) is 37.8 Å². The first kappa shape index (κ1) is 15.7. The second kappa shape index (κ2) is 6.38. The largest absolute Gasteiger partial charge is 0.350 e. The third-order valence-electron chi connectivity index (χ3n) is 3.61. The molecule has 2 rings (SSSR count). The third-order valence-corrected chi connectivity index (χ3v) is 5.11. The number of piperidine rings is 1. The molecule has 0 aromatic carbocycles. The first-order valence-corrected chi connectivity index (χ1v) is 8.84. The Morgan fingerprint density at radius 2 is 2.10 bits per heavy atom. The lowest BCUT2D eigenvalue weighted by Crippen LogP contribution is -2.51. The van der Waals surface area contributed by atoms with Crippen molar-refractivity contribution >= 4 is 21.7 Å². The molecule has 2 heterocycles. The molecule has 21 heavy (non-hydrogen) atoms. The smallest absolute Gasteiger partial charge is 0.238 e. The highest BCUT2D eigenvalue weighted by molar-refractivity contribution is 7.92. The van der Waals surface area contributed by atoms with E-state index in [1.54, 1.807) is 18.5 Å². The Morgan fingerprint density at radius 1 is 1.43 bits per heavy atom. The molecule has 2 atom stereocenters. The first-order valence-electron chi connectivity index (χ1n) is 6.89. The van der Waals surface area contributed by atoms with E-state index in [0.29, 0.717) is 12.5 Å². The summed E-state index contributed by atoms with van der Waals surface area (Å²) in [6.07, 6.45) is 6.15. The van der Waals surface area contributed by atoms with Gasteiger partial charge in [-0.15, -0.1) is 0 Å². The summed E-state index contributed by atoms with van der Waals surface area (Å²) in [5.41, 5.74) is 0. The fourth-order valence-corrected chi connectivity index (χ4v) is 2.70. The molecule has 1 amide bonds. The summed E-state index contributed by atoms with van der Waals surface area (Å²) in [5.74, 6) is 0.186. The minimum Gasteiger partial charge on any atom is -0.350 e. The zero-order valence-corrected chi connectivity index (χ0v) is 13.0. The van der Waals surface area contributed by atoms with E-state index < -0.39 is 21.0 Å². The summed E-state index contributed by atoms with van der Waals surface area (Å²) in [4.78, 5) is 22.4. The summed E-state index contributed by atoms with van der Waals surface area (Å²) in [6.45, 7) is 2.83. The molecule has 1 saturated heterocycles. The van der Waals surface area contributed by atoms with Crippen LogP contribution in [0.1, 0.15) is 19.8 Å². The van der Waals surface area contributed by atoms with Crippen molar-refractivity contribution in [1.29, 1.82) is 0 Å². The molecule has 0 saturated carbocycles. The van der Waals surface area contributed by atoms with Gasteiger partial charge in [0.15, 0.2) is 9.84 Å². The molecule has 8 heteroatoms. The predicted octanol–water partition coefficient (Wildman–Crippen LogP) is -0.00530. The molecule has 1 aromatic rings. The topological polar surface area (TPSA) is 92.3 Å². The number of nitrogens with one attached hydrogen (secondary N) is 1. The number of carbonyl (C=O) groups is 1. The van der Waals surface area contributed by atoms with Crippen molar-refractivity contribution in [2.24, 2.45) is 0 Å². The van der Waals surface area contributed by atoms with Gasteiger partial charge < -0.3 is 10.2 Å². The van der Waals surface area contributed by atoms with E-state index in [0.717, 1.165) is 25.6 Å². The van der Waals surface area contributed by atoms with Crippen LogP contribution in [0.4, 0.5) is 5.95 Å². The molecule has 7 nitrogen and oxygen atoms in total. The fraction of sp³-hybridized carbons (Fsp3) is 0.615. The highest BCUT2D eigenvalue weighted by atomic mass is 32.2. The number of rotatable bonds is 4. The summed E-state index contributed by atoms with van der Waals surface area (Å²) < 4.78 is 22.8. The lowest BCUT2D eigenvalue weighted by Gasteiger charge is -2.33. The molecule has 0 unspecified atom stereocenters. The average Bonchev–Trinajstić information content (AvgIpc) is 2.46. The molecule has 1 aromatic heterocycles. The maximum atomic E-state index is 12.0. The van der Waals surface area contributed by atoms with E-state index >= 15 is 0 Å². The van der Waals surface area contributed by atoms with Gasteiger partial charge in [-0.1, -0.05) is 0 Å². The minimum absolute atomic E-state index is 0.0840. The number of nitrogens with zero attached hydrogens (tertiary/aromatic N) is 3. The zero-order chi connectivity index (χ0) is 15.5. The Morgan fingerprint density at radius 3 is 2.71 bits per heavy atom. The van der Waals surface area contributed by atoms with Crippen LogP contribution < -0.4 is 10.2 Å². The van der Waals surface area contributed by atoms with E-state index in [1.807, 2.05) is 4.90 Å². The molecule has 0 radical (unpaired) electrons. The van der Waals surface area contributed by atoms with Crippen LogP contribution in [0.3, 0.4) is 0 Å². The van der Waals surface area contributed by atoms with Crippen LogP contribution in [0.5, 0.6) is 0 Å². The summed E-state index contributed by atoms with van der Waals surface area (Å²) in [6, 6.07) is 1.67. The van der Waals surface area contributed by atoms with Crippen LogP contribution in [-0.2, 0) is 14.6 Å². The maximum absolute atomic E-state index is 12.0. The second-order valence-corrected chi connectivity index (χ2v) is 7.68.